The van der Waals surface area contributed by atoms with Crippen LogP contribution in [-0.4, -0.2) is 45.8 Å². The van der Waals surface area contributed by atoms with Crippen molar-refractivity contribution in [2.24, 2.45) is 0 Å². The summed E-state index contributed by atoms with van der Waals surface area (Å²) in [5.74, 6) is -1.63. The predicted octanol–water partition coefficient (Wildman–Crippen LogP) is 0.383. The summed E-state index contributed by atoms with van der Waals surface area (Å²) in [7, 11) is -3.93. The van der Waals surface area contributed by atoms with E-state index in [0.29, 0.717) is 26.1 Å². The van der Waals surface area contributed by atoms with Crippen LogP contribution >= 0.6 is 0 Å². The molecule has 0 aliphatic carbocycles. The number of hydrogen-bond acceptors (Lipinski definition) is 4. The third-order valence-electron chi connectivity index (χ3n) is 3.92. The normalized spacial score (nSPS) is 17.8. The number of benzene rings is 1. The minimum atomic E-state index is -3.93. The maximum absolute atomic E-state index is 13.1. The van der Waals surface area contributed by atoms with Crippen LogP contribution in [0.15, 0.2) is 24.3 Å². The first-order valence-corrected chi connectivity index (χ1v) is 8.61. The number of rotatable bonds is 7. The molecule has 1 aliphatic heterocycles. The standard InChI is InChI=1S/C14H19FN2O5S/c15-12-3-1-11(2-4-12)14(5-7-22-8-6-14)10-17-23(20,21)16-9-13(18)19/h1-4,16-17H,5-10H2,(H,18,19). The number of carbonyl (C=O) groups is 1. The van der Waals surface area contributed by atoms with Crippen LogP contribution in [0.2, 0.25) is 0 Å². The van der Waals surface area contributed by atoms with Gasteiger partial charge in [0.05, 0.1) is 0 Å². The molecular weight excluding hydrogens is 327 g/mol. The van der Waals surface area contributed by atoms with Crippen molar-refractivity contribution in [3.05, 3.63) is 35.6 Å². The lowest BCUT2D eigenvalue weighted by atomic mass is 9.74. The first-order valence-electron chi connectivity index (χ1n) is 7.13. The van der Waals surface area contributed by atoms with Crippen LogP contribution in [0.5, 0.6) is 0 Å². The summed E-state index contributed by atoms with van der Waals surface area (Å²) < 4.78 is 46.5. The first kappa shape index (κ1) is 17.8. The zero-order valence-corrected chi connectivity index (χ0v) is 13.2. The first-order chi connectivity index (χ1) is 10.8. The molecule has 9 heteroatoms. The molecule has 0 saturated carbocycles. The van der Waals surface area contributed by atoms with Crippen LogP contribution in [0.25, 0.3) is 0 Å². The van der Waals surface area contributed by atoms with E-state index in [-0.39, 0.29) is 12.4 Å². The van der Waals surface area contributed by atoms with Crippen molar-refractivity contribution in [3.8, 4) is 0 Å². The molecular formula is C14H19FN2O5S. The minimum absolute atomic E-state index is 0.0803. The number of hydrogen-bond donors (Lipinski definition) is 3. The lowest BCUT2D eigenvalue weighted by Gasteiger charge is -2.37. The van der Waals surface area contributed by atoms with E-state index < -0.39 is 28.1 Å². The van der Waals surface area contributed by atoms with Crippen LogP contribution in [0.4, 0.5) is 4.39 Å². The third-order valence-corrected chi connectivity index (χ3v) is 4.97. The van der Waals surface area contributed by atoms with Crippen LogP contribution in [0.3, 0.4) is 0 Å². The van der Waals surface area contributed by atoms with Gasteiger partial charge in [-0.25, -0.2) is 9.11 Å². The van der Waals surface area contributed by atoms with Crippen LogP contribution in [-0.2, 0) is 25.2 Å². The Hall–Kier alpha value is -1.55. The summed E-state index contributed by atoms with van der Waals surface area (Å²) in [6.45, 7) is 0.336. The number of nitrogens with one attached hydrogen (secondary N) is 2. The number of halogens is 1. The van der Waals surface area contributed by atoms with E-state index in [2.05, 4.69) is 4.72 Å². The quantitative estimate of drug-likeness (QED) is 0.662. The lowest BCUT2D eigenvalue weighted by molar-refractivity contribution is -0.135. The molecule has 1 heterocycles. The summed E-state index contributed by atoms with van der Waals surface area (Å²) in [6.07, 6.45) is 1.17. The number of ether oxygens (including phenoxy) is 1. The molecule has 3 N–H and O–H groups in total. The zero-order valence-electron chi connectivity index (χ0n) is 12.4. The van der Waals surface area contributed by atoms with E-state index in [1.165, 1.54) is 12.1 Å². The highest BCUT2D eigenvalue weighted by atomic mass is 32.2. The van der Waals surface area contributed by atoms with Crippen LogP contribution < -0.4 is 9.44 Å². The molecule has 128 valence electrons. The van der Waals surface area contributed by atoms with Crippen molar-refractivity contribution in [2.45, 2.75) is 18.3 Å². The summed E-state index contributed by atoms with van der Waals surface area (Å²) in [5.41, 5.74) is 0.312. The molecule has 1 aliphatic rings. The van der Waals surface area contributed by atoms with Gasteiger partial charge >= 0.3 is 5.97 Å². The molecule has 0 atom stereocenters. The second kappa shape index (κ2) is 7.35. The van der Waals surface area contributed by atoms with E-state index in [0.717, 1.165) is 5.56 Å². The van der Waals surface area contributed by atoms with E-state index in [9.17, 15) is 17.6 Å². The van der Waals surface area contributed by atoms with Crippen molar-refractivity contribution in [1.82, 2.24) is 9.44 Å². The lowest BCUT2D eigenvalue weighted by Crippen LogP contribution is -2.48. The maximum atomic E-state index is 13.1. The predicted molar refractivity (Wildman–Crippen MR) is 80.7 cm³/mol. The van der Waals surface area contributed by atoms with Gasteiger partial charge in [-0.15, -0.1) is 0 Å². The molecule has 0 bridgehead atoms. The third kappa shape index (κ3) is 4.96. The van der Waals surface area contributed by atoms with Crippen molar-refractivity contribution >= 4 is 16.2 Å². The molecule has 2 rings (SSSR count). The van der Waals surface area contributed by atoms with Gasteiger partial charge in [-0.05, 0) is 30.5 Å². The molecule has 0 aromatic heterocycles. The Balaban J connectivity index is 2.13. The van der Waals surface area contributed by atoms with E-state index >= 15 is 0 Å². The van der Waals surface area contributed by atoms with Crippen molar-refractivity contribution in [1.29, 1.82) is 0 Å². The fourth-order valence-corrected chi connectivity index (χ4v) is 3.46. The average molecular weight is 346 g/mol. The SMILES string of the molecule is O=C(O)CNS(=O)(=O)NCC1(c2ccc(F)cc2)CCOCC1. The van der Waals surface area contributed by atoms with Gasteiger partial charge in [-0.3, -0.25) is 4.79 Å². The smallest absolute Gasteiger partial charge is 0.318 e. The Bertz CT molecular complexity index is 642. The van der Waals surface area contributed by atoms with Crippen LogP contribution in [0, 0.1) is 5.82 Å². The van der Waals surface area contributed by atoms with Crippen molar-refractivity contribution in [3.63, 3.8) is 0 Å². The van der Waals surface area contributed by atoms with Crippen molar-refractivity contribution in [2.75, 3.05) is 26.3 Å². The second-order valence-electron chi connectivity index (χ2n) is 5.44. The zero-order chi connectivity index (χ0) is 16.9. The van der Waals surface area contributed by atoms with Crippen molar-refractivity contribution < 1.29 is 27.4 Å². The molecule has 1 aromatic carbocycles. The highest BCUT2D eigenvalue weighted by Crippen LogP contribution is 2.34. The molecule has 0 amide bonds. The highest BCUT2D eigenvalue weighted by Gasteiger charge is 2.35. The number of carboxylic acids is 1. The Morgan fingerprint density at radius 1 is 1.22 bits per heavy atom. The molecule has 7 nitrogen and oxygen atoms in total. The minimum Gasteiger partial charge on any atom is -0.480 e. The van der Waals surface area contributed by atoms with Gasteiger partial charge in [-0.1, -0.05) is 12.1 Å². The molecule has 0 unspecified atom stereocenters. The summed E-state index contributed by atoms with van der Waals surface area (Å²) in [6, 6.07) is 5.95. The Morgan fingerprint density at radius 3 is 2.39 bits per heavy atom. The molecule has 1 fully saturated rings. The summed E-state index contributed by atoms with van der Waals surface area (Å²) in [4.78, 5) is 10.5. The fourth-order valence-electron chi connectivity index (χ4n) is 2.57. The summed E-state index contributed by atoms with van der Waals surface area (Å²) >= 11 is 0. The number of aliphatic carboxylic acids is 1. The molecule has 0 radical (unpaired) electrons. The van der Waals surface area contributed by atoms with E-state index in [1.54, 1.807) is 12.1 Å². The summed E-state index contributed by atoms with van der Waals surface area (Å²) in [5, 5.41) is 8.54. The Morgan fingerprint density at radius 2 is 1.83 bits per heavy atom. The van der Waals surface area contributed by atoms with E-state index in [1.807, 2.05) is 4.72 Å². The fraction of sp³-hybridized carbons (Fsp3) is 0.500. The molecule has 0 spiro atoms. The second-order valence-corrected chi connectivity index (χ2v) is 7.02. The molecule has 23 heavy (non-hydrogen) atoms. The molecule has 1 aromatic rings. The Kier molecular flexibility index (Phi) is 5.69. The van der Waals surface area contributed by atoms with Gasteiger partial charge in [0.1, 0.15) is 12.4 Å². The molecule has 1 saturated heterocycles. The highest BCUT2D eigenvalue weighted by molar-refractivity contribution is 7.87. The Labute approximate surface area is 134 Å². The monoisotopic (exact) mass is 346 g/mol. The van der Waals surface area contributed by atoms with E-state index in [4.69, 9.17) is 9.84 Å². The topological polar surface area (TPSA) is 105 Å². The number of carboxylic acid groups (broad SMARTS) is 1. The maximum Gasteiger partial charge on any atom is 0.318 e. The van der Waals surface area contributed by atoms with Gasteiger partial charge < -0.3 is 9.84 Å². The van der Waals surface area contributed by atoms with Gasteiger partial charge in [-0.2, -0.15) is 13.1 Å². The van der Waals surface area contributed by atoms with Gasteiger partial charge in [0.2, 0.25) is 0 Å². The van der Waals surface area contributed by atoms with Gasteiger partial charge in [0.15, 0.2) is 0 Å². The van der Waals surface area contributed by atoms with Gasteiger partial charge in [0.25, 0.3) is 10.2 Å². The van der Waals surface area contributed by atoms with Crippen LogP contribution in [0.1, 0.15) is 18.4 Å². The van der Waals surface area contributed by atoms with Gasteiger partial charge in [0, 0.05) is 25.2 Å². The largest absolute Gasteiger partial charge is 0.480 e. The average Bonchev–Trinajstić information content (AvgIpc) is 2.53.